The molecule has 0 saturated carbocycles. The predicted molar refractivity (Wildman–Crippen MR) is 125 cm³/mol. The lowest BCUT2D eigenvalue weighted by atomic mass is 9.58. The van der Waals surface area contributed by atoms with E-state index in [0.29, 0.717) is 0 Å². The summed E-state index contributed by atoms with van der Waals surface area (Å²) in [5, 5.41) is 13.5. The number of hydrogen-bond acceptors (Lipinski definition) is 4. The second kappa shape index (κ2) is 8.18. The van der Waals surface area contributed by atoms with E-state index in [1.807, 2.05) is 42.5 Å². The Labute approximate surface area is 185 Å². The molecule has 4 nitrogen and oxygen atoms in total. The van der Waals surface area contributed by atoms with E-state index < -0.39 is 5.60 Å². The summed E-state index contributed by atoms with van der Waals surface area (Å²) in [6, 6.07) is 18.1. The van der Waals surface area contributed by atoms with Crippen LogP contribution in [0, 0.1) is 11.3 Å². The van der Waals surface area contributed by atoms with Crippen LogP contribution in [-0.4, -0.2) is 42.7 Å². The molecule has 3 aromatic rings. The number of aromatic nitrogens is 1. The minimum absolute atomic E-state index is 0. The first-order chi connectivity index (χ1) is 13.8. The molecule has 1 heterocycles. The van der Waals surface area contributed by atoms with Gasteiger partial charge in [-0.3, -0.25) is 4.98 Å². The van der Waals surface area contributed by atoms with Crippen LogP contribution in [0.1, 0.15) is 30.7 Å². The molecule has 2 aromatic carbocycles. The van der Waals surface area contributed by atoms with Gasteiger partial charge in [-0.1, -0.05) is 44.2 Å². The van der Waals surface area contributed by atoms with Gasteiger partial charge in [0.2, 0.25) is 0 Å². The first-order valence-corrected chi connectivity index (χ1v) is 10.2. The Balaban J connectivity index is 0.00000256. The van der Waals surface area contributed by atoms with Crippen LogP contribution in [0.5, 0.6) is 5.75 Å². The maximum atomic E-state index is 12.5. The number of fused-ring (bicyclic) bond motifs is 2. The van der Waals surface area contributed by atoms with E-state index in [9.17, 15) is 5.11 Å². The number of nitrogens with zero attached hydrogens (tertiary/aromatic N) is 2. The summed E-state index contributed by atoms with van der Waals surface area (Å²) < 4.78 is 5.48. The third-order valence-electron chi connectivity index (χ3n) is 6.34. The van der Waals surface area contributed by atoms with Gasteiger partial charge in [0.25, 0.3) is 0 Å². The number of hydrogen-bond donors (Lipinski definition) is 1. The highest BCUT2D eigenvalue weighted by atomic mass is 35.5. The summed E-state index contributed by atoms with van der Waals surface area (Å²) in [6.45, 7) is 5.26. The molecule has 0 saturated heterocycles. The third-order valence-corrected chi connectivity index (χ3v) is 6.34. The molecule has 0 radical (unpaired) electrons. The Morgan fingerprint density at radius 2 is 1.83 bits per heavy atom. The third kappa shape index (κ3) is 3.68. The van der Waals surface area contributed by atoms with E-state index in [0.717, 1.165) is 46.4 Å². The first-order valence-electron chi connectivity index (χ1n) is 10.2. The molecule has 4 rings (SSSR count). The van der Waals surface area contributed by atoms with E-state index >= 15 is 0 Å². The van der Waals surface area contributed by atoms with E-state index in [4.69, 9.17) is 9.72 Å². The molecule has 2 atom stereocenters. The Hall–Kier alpha value is -2.14. The topological polar surface area (TPSA) is 45.6 Å². The summed E-state index contributed by atoms with van der Waals surface area (Å²) in [5.41, 5.74) is 2.43. The van der Waals surface area contributed by atoms with Crippen molar-refractivity contribution in [1.82, 2.24) is 9.88 Å². The van der Waals surface area contributed by atoms with Gasteiger partial charge in [0.05, 0.1) is 12.6 Å². The lowest BCUT2D eigenvalue weighted by Gasteiger charge is -2.51. The average Bonchev–Trinajstić information content (AvgIpc) is 2.69. The number of ether oxygens (including phenoxy) is 1. The van der Waals surface area contributed by atoms with Gasteiger partial charge in [0, 0.05) is 29.1 Å². The smallest absolute Gasteiger partial charge is 0.121 e. The zero-order valence-corrected chi connectivity index (χ0v) is 19.2. The van der Waals surface area contributed by atoms with Crippen molar-refractivity contribution in [3.63, 3.8) is 0 Å². The number of pyridine rings is 1. The Kier molecular flexibility index (Phi) is 6.15. The van der Waals surface area contributed by atoms with Crippen LogP contribution in [0.2, 0.25) is 0 Å². The molecule has 1 N–H and O–H groups in total. The van der Waals surface area contributed by atoms with Crippen LogP contribution in [0.3, 0.4) is 0 Å². The lowest BCUT2D eigenvalue weighted by Crippen LogP contribution is -2.53. The average molecular weight is 427 g/mol. The van der Waals surface area contributed by atoms with E-state index in [1.165, 1.54) is 0 Å². The Bertz CT molecular complexity index is 1050. The van der Waals surface area contributed by atoms with Crippen molar-refractivity contribution < 1.29 is 9.84 Å². The van der Waals surface area contributed by atoms with Crippen molar-refractivity contribution in [3.8, 4) is 5.75 Å². The molecule has 0 fully saturated rings. The molecular formula is C25H31ClN2O2. The van der Waals surface area contributed by atoms with Crippen LogP contribution >= 0.6 is 12.4 Å². The van der Waals surface area contributed by atoms with E-state index in [-0.39, 0.29) is 23.7 Å². The number of halogens is 1. The predicted octanol–water partition coefficient (Wildman–Crippen LogP) is 4.66. The van der Waals surface area contributed by atoms with Crippen molar-refractivity contribution in [2.75, 3.05) is 27.7 Å². The molecule has 1 aromatic heterocycles. The summed E-state index contributed by atoms with van der Waals surface area (Å²) in [6.07, 6.45) is 0.831. The van der Waals surface area contributed by atoms with Gasteiger partial charge in [-0.05, 0) is 55.8 Å². The summed E-state index contributed by atoms with van der Waals surface area (Å²) >= 11 is 0. The monoisotopic (exact) mass is 426 g/mol. The fourth-order valence-electron chi connectivity index (χ4n) is 4.89. The molecule has 1 aliphatic rings. The number of aliphatic hydroxyl groups is 1. The summed E-state index contributed by atoms with van der Waals surface area (Å²) in [5.74, 6) is 0.741. The van der Waals surface area contributed by atoms with E-state index in [1.54, 1.807) is 7.11 Å². The SMILES string of the molecule is COc1cccc(C2(O)c3cc4ccccc4nc3CC(C)(C)C2CN(C)C)c1.Cl. The van der Waals surface area contributed by atoms with Gasteiger partial charge in [-0.2, -0.15) is 0 Å². The molecule has 2 unspecified atom stereocenters. The standard InChI is InChI=1S/C25H30N2O2.ClH/c1-24(2)15-22-20(13-17-9-6-7-12-21(17)26-22)25(28,23(24)16-27(3)4)18-10-8-11-19(14-18)29-5;/h6-14,23,28H,15-16H2,1-5H3;1H. The van der Waals surface area contributed by atoms with Gasteiger partial charge in [0.15, 0.2) is 0 Å². The fraction of sp³-hybridized carbons (Fsp3) is 0.400. The minimum atomic E-state index is -1.16. The lowest BCUT2D eigenvalue weighted by molar-refractivity contribution is -0.0631. The normalized spacial score (nSPS) is 22.4. The van der Waals surface area contributed by atoms with E-state index in [2.05, 4.69) is 45.0 Å². The quantitative estimate of drug-likeness (QED) is 0.659. The number of benzene rings is 2. The van der Waals surface area contributed by atoms with Crippen LogP contribution in [-0.2, 0) is 12.0 Å². The molecule has 160 valence electrons. The second-order valence-corrected chi connectivity index (χ2v) is 9.15. The van der Waals surface area contributed by atoms with Crippen LogP contribution < -0.4 is 4.74 Å². The Morgan fingerprint density at radius 1 is 1.10 bits per heavy atom. The molecule has 0 amide bonds. The zero-order chi connectivity index (χ0) is 20.8. The summed E-state index contributed by atoms with van der Waals surface area (Å²) in [4.78, 5) is 7.15. The highest BCUT2D eigenvalue weighted by molar-refractivity contribution is 5.85. The van der Waals surface area contributed by atoms with Crippen LogP contribution in [0.4, 0.5) is 0 Å². The van der Waals surface area contributed by atoms with Crippen LogP contribution in [0.25, 0.3) is 10.9 Å². The Morgan fingerprint density at radius 3 is 2.53 bits per heavy atom. The molecule has 5 heteroatoms. The first kappa shape index (κ1) is 22.5. The molecule has 0 bridgehead atoms. The molecule has 0 aliphatic heterocycles. The van der Waals surface area contributed by atoms with Gasteiger partial charge in [0.1, 0.15) is 11.4 Å². The molecule has 30 heavy (non-hydrogen) atoms. The highest BCUT2D eigenvalue weighted by Gasteiger charge is 2.53. The van der Waals surface area contributed by atoms with Gasteiger partial charge >= 0.3 is 0 Å². The summed E-state index contributed by atoms with van der Waals surface area (Å²) in [7, 11) is 5.79. The number of methoxy groups -OCH3 is 1. The molecule has 0 spiro atoms. The fourth-order valence-corrected chi connectivity index (χ4v) is 4.89. The maximum absolute atomic E-state index is 12.5. The van der Waals surface area contributed by atoms with Crippen molar-refractivity contribution in [3.05, 3.63) is 71.4 Å². The zero-order valence-electron chi connectivity index (χ0n) is 18.3. The number of para-hydroxylation sites is 1. The van der Waals surface area contributed by atoms with Gasteiger partial charge in [-0.15, -0.1) is 12.4 Å². The maximum Gasteiger partial charge on any atom is 0.121 e. The second-order valence-electron chi connectivity index (χ2n) is 9.15. The minimum Gasteiger partial charge on any atom is -0.497 e. The molecular weight excluding hydrogens is 396 g/mol. The van der Waals surface area contributed by atoms with Crippen molar-refractivity contribution in [1.29, 1.82) is 0 Å². The number of rotatable bonds is 4. The molecule has 1 aliphatic carbocycles. The van der Waals surface area contributed by atoms with Crippen molar-refractivity contribution in [2.45, 2.75) is 25.9 Å². The highest BCUT2D eigenvalue weighted by Crippen LogP contribution is 2.53. The largest absolute Gasteiger partial charge is 0.497 e. The van der Waals surface area contributed by atoms with Gasteiger partial charge < -0.3 is 14.7 Å². The van der Waals surface area contributed by atoms with Crippen molar-refractivity contribution >= 4 is 23.3 Å². The van der Waals surface area contributed by atoms with Crippen molar-refractivity contribution in [2.24, 2.45) is 11.3 Å². The van der Waals surface area contributed by atoms with Gasteiger partial charge in [-0.25, -0.2) is 0 Å². The van der Waals surface area contributed by atoms with Crippen LogP contribution in [0.15, 0.2) is 54.6 Å².